The number of fused-ring (bicyclic) bond motifs is 1. The van der Waals surface area contributed by atoms with Crippen LogP contribution in [0.15, 0.2) is 42.5 Å². The first-order valence-electron chi connectivity index (χ1n) is 10.4. The fourth-order valence-corrected chi connectivity index (χ4v) is 3.87. The van der Waals surface area contributed by atoms with E-state index in [1.165, 1.54) is 0 Å². The van der Waals surface area contributed by atoms with Gasteiger partial charge in [0.2, 0.25) is 5.91 Å². The van der Waals surface area contributed by atoms with Crippen molar-refractivity contribution in [3.8, 4) is 0 Å². The molecule has 1 heterocycles. The number of rotatable bonds is 8. The van der Waals surface area contributed by atoms with Crippen LogP contribution in [-0.4, -0.2) is 29.3 Å². The number of aryl methyl sites for hydroxylation is 2. The Morgan fingerprint density at radius 2 is 1.72 bits per heavy atom. The van der Waals surface area contributed by atoms with Crippen LogP contribution in [0.3, 0.4) is 0 Å². The number of nitrogens with zero attached hydrogens (tertiary/aromatic N) is 3. The van der Waals surface area contributed by atoms with Crippen molar-refractivity contribution >= 4 is 22.6 Å². The number of methoxy groups -OCH3 is 1. The average Bonchev–Trinajstić information content (AvgIpc) is 3.10. The maximum atomic E-state index is 13.6. The van der Waals surface area contributed by atoms with Gasteiger partial charge in [-0.15, -0.1) is 0 Å². The number of ether oxygens (including phenoxy) is 1. The van der Waals surface area contributed by atoms with Gasteiger partial charge in [-0.2, -0.15) is 0 Å². The van der Waals surface area contributed by atoms with E-state index in [1.807, 2.05) is 28.8 Å². The van der Waals surface area contributed by atoms with Crippen LogP contribution >= 0.6 is 0 Å². The molecule has 1 amide bonds. The summed E-state index contributed by atoms with van der Waals surface area (Å²) in [5, 5.41) is 0. The Kier molecular flexibility index (Phi) is 6.70. The second-order valence-corrected chi connectivity index (χ2v) is 7.57. The van der Waals surface area contributed by atoms with Gasteiger partial charge >= 0.3 is 0 Å². The van der Waals surface area contributed by atoms with Gasteiger partial charge in [-0.05, 0) is 36.1 Å². The molecular formula is C24H31N3O2. The SMILES string of the molecule is CCc1cccc(CC)c1N(COC)C(=O)Cn1c(C(C)C)nc2ccccc21. The van der Waals surface area contributed by atoms with Crippen molar-refractivity contribution in [3.05, 3.63) is 59.4 Å². The lowest BCUT2D eigenvalue weighted by Gasteiger charge is -2.27. The summed E-state index contributed by atoms with van der Waals surface area (Å²) in [6.07, 6.45) is 1.73. The number of carbonyl (C=O) groups is 1. The third kappa shape index (κ3) is 4.20. The highest BCUT2D eigenvalue weighted by Gasteiger charge is 2.23. The van der Waals surface area contributed by atoms with E-state index in [0.717, 1.165) is 46.5 Å². The molecule has 5 nitrogen and oxygen atoms in total. The zero-order valence-electron chi connectivity index (χ0n) is 18.1. The van der Waals surface area contributed by atoms with Gasteiger partial charge in [-0.25, -0.2) is 4.98 Å². The number of hydrogen-bond acceptors (Lipinski definition) is 3. The van der Waals surface area contributed by atoms with Gasteiger partial charge in [-0.3, -0.25) is 9.69 Å². The van der Waals surface area contributed by atoms with Crippen molar-refractivity contribution in [2.45, 2.75) is 53.0 Å². The first kappa shape index (κ1) is 21.1. The summed E-state index contributed by atoms with van der Waals surface area (Å²) >= 11 is 0. The van der Waals surface area contributed by atoms with E-state index in [2.05, 4.69) is 45.9 Å². The van der Waals surface area contributed by atoms with Gasteiger partial charge in [0, 0.05) is 13.0 Å². The normalized spacial score (nSPS) is 11.4. The molecule has 0 saturated carbocycles. The molecule has 0 aliphatic rings. The van der Waals surface area contributed by atoms with Gasteiger partial charge in [0.25, 0.3) is 0 Å². The number of benzene rings is 2. The number of para-hydroxylation sites is 3. The van der Waals surface area contributed by atoms with Crippen LogP contribution in [0.2, 0.25) is 0 Å². The maximum Gasteiger partial charge on any atom is 0.248 e. The predicted molar refractivity (Wildman–Crippen MR) is 118 cm³/mol. The summed E-state index contributed by atoms with van der Waals surface area (Å²) in [4.78, 5) is 20.1. The van der Waals surface area contributed by atoms with Gasteiger partial charge in [0.1, 0.15) is 19.1 Å². The standard InChI is InChI=1S/C24H31N3O2/c1-6-18-11-10-12-19(7-2)23(18)27(16-29-5)22(28)15-26-21-14-9-8-13-20(21)25-24(26)17(3)4/h8-14,17H,6-7,15-16H2,1-5H3. The van der Waals surface area contributed by atoms with E-state index in [1.54, 1.807) is 12.0 Å². The molecule has 2 aromatic carbocycles. The van der Waals surface area contributed by atoms with Gasteiger partial charge in [-0.1, -0.05) is 58.0 Å². The summed E-state index contributed by atoms with van der Waals surface area (Å²) in [7, 11) is 1.63. The minimum Gasteiger partial charge on any atom is -0.364 e. The van der Waals surface area contributed by atoms with Crippen molar-refractivity contribution < 1.29 is 9.53 Å². The third-order valence-corrected chi connectivity index (χ3v) is 5.29. The Balaban J connectivity index is 2.05. The lowest BCUT2D eigenvalue weighted by molar-refractivity contribution is -0.120. The molecule has 0 radical (unpaired) electrons. The largest absolute Gasteiger partial charge is 0.364 e. The molecule has 0 N–H and O–H groups in total. The van der Waals surface area contributed by atoms with E-state index < -0.39 is 0 Å². The Morgan fingerprint density at radius 1 is 1.07 bits per heavy atom. The van der Waals surface area contributed by atoms with Crippen molar-refractivity contribution in [2.75, 3.05) is 18.7 Å². The first-order chi connectivity index (χ1) is 14.0. The van der Waals surface area contributed by atoms with Crippen molar-refractivity contribution in [2.24, 2.45) is 0 Å². The zero-order chi connectivity index (χ0) is 21.0. The smallest absolute Gasteiger partial charge is 0.248 e. The van der Waals surface area contributed by atoms with E-state index in [-0.39, 0.29) is 25.1 Å². The predicted octanol–water partition coefficient (Wildman–Crippen LogP) is 4.92. The van der Waals surface area contributed by atoms with Gasteiger partial charge in [0.15, 0.2) is 0 Å². The number of hydrogen-bond donors (Lipinski definition) is 0. The Bertz CT molecular complexity index is 969. The number of amides is 1. The summed E-state index contributed by atoms with van der Waals surface area (Å²) < 4.78 is 7.49. The van der Waals surface area contributed by atoms with Crippen LogP contribution in [0.1, 0.15) is 50.6 Å². The molecule has 0 fully saturated rings. The van der Waals surface area contributed by atoms with Crippen molar-refractivity contribution in [3.63, 3.8) is 0 Å². The highest BCUT2D eigenvalue weighted by molar-refractivity contribution is 5.95. The van der Waals surface area contributed by atoms with Crippen LogP contribution in [0.25, 0.3) is 11.0 Å². The summed E-state index contributed by atoms with van der Waals surface area (Å²) in [6, 6.07) is 14.2. The molecule has 1 aromatic heterocycles. The van der Waals surface area contributed by atoms with Crippen LogP contribution in [-0.2, 0) is 28.9 Å². The summed E-state index contributed by atoms with van der Waals surface area (Å²) in [6.45, 7) is 8.92. The van der Waals surface area contributed by atoms with Crippen LogP contribution in [0, 0.1) is 0 Å². The monoisotopic (exact) mass is 393 g/mol. The van der Waals surface area contributed by atoms with E-state index >= 15 is 0 Å². The fraction of sp³-hybridized carbons (Fsp3) is 0.417. The highest BCUT2D eigenvalue weighted by atomic mass is 16.5. The summed E-state index contributed by atoms with van der Waals surface area (Å²) in [5.41, 5.74) is 5.22. The quantitative estimate of drug-likeness (QED) is 0.510. The third-order valence-electron chi connectivity index (χ3n) is 5.29. The van der Waals surface area contributed by atoms with E-state index in [0.29, 0.717) is 0 Å². The van der Waals surface area contributed by atoms with Gasteiger partial charge < -0.3 is 9.30 Å². The highest BCUT2D eigenvalue weighted by Crippen LogP contribution is 2.28. The number of imidazole rings is 1. The van der Waals surface area contributed by atoms with E-state index in [4.69, 9.17) is 9.72 Å². The van der Waals surface area contributed by atoms with Crippen LogP contribution in [0.4, 0.5) is 5.69 Å². The Labute approximate surface area is 173 Å². The Morgan fingerprint density at radius 3 is 2.31 bits per heavy atom. The molecule has 0 bridgehead atoms. The zero-order valence-corrected chi connectivity index (χ0v) is 18.1. The second-order valence-electron chi connectivity index (χ2n) is 7.57. The maximum absolute atomic E-state index is 13.6. The molecule has 3 rings (SSSR count). The van der Waals surface area contributed by atoms with Crippen LogP contribution in [0.5, 0.6) is 0 Å². The molecule has 154 valence electrons. The molecule has 3 aromatic rings. The van der Waals surface area contributed by atoms with Crippen molar-refractivity contribution in [1.29, 1.82) is 0 Å². The molecule has 0 aliphatic heterocycles. The molecule has 5 heteroatoms. The number of anilines is 1. The van der Waals surface area contributed by atoms with Gasteiger partial charge in [0.05, 0.1) is 16.7 Å². The minimum atomic E-state index is 0.00695. The molecule has 29 heavy (non-hydrogen) atoms. The molecular weight excluding hydrogens is 362 g/mol. The topological polar surface area (TPSA) is 47.4 Å². The molecule has 0 saturated heterocycles. The molecule has 0 aliphatic carbocycles. The second kappa shape index (κ2) is 9.23. The first-order valence-corrected chi connectivity index (χ1v) is 10.4. The number of aromatic nitrogens is 2. The van der Waals surface area contributed by atoms with Crippen LogP contribution < -0.4 is 4.90 Å². The lowest BCUT2D eigenvalue weighted by atomic mass is 10.0. The van der Waals surface area contributed by atoms with Crippen molar-refractivity contribution in [1.82, 2.24) is 9.55 Å². The molecule has 0 atom stereocenters. The average molecular weight is 394 g/mol. The lowest BCUT2D eigenvalue weighted by Crippen LogP contribution is -2.37. The summed E-state index contributed by atoms with van der Waals surface area (Å²) in [5.74, 6) is 1.16. The van der Waals surface area contributed by atoms with E-state index in [9.17, 15) is 4.79 Å². The minimum absolute atomic E-state index is 0.00695. The molecule has 0 spiro atoms. The molecule has 0 unspecified atom stereocenters. The Hall–Kier alpha value is -2.66. The number of carbonyl (C=O) groups excluding carboxylic acids is 1. The fourth-order valence-electron chi connectivity index (χ4n) is 3.87.